The highest BCUT2D eigenvalue weighted by atomic mass is 32.1. The first-order chi connectivity index (χ1) is 8.70. The molecule has 0 aliphatic rings. The lowest BCUT2D eigenvalue weighted by atomic mass is 10.3. The van der Waals surface area contributed by atoms with Gasteiger partial charge in [0.15, 0.2) is 0 Å². The second-order valence-corrected chi connectivity index (χ2v) is 4.62. The first-order valence-corrected chi connectivity index (χ1v) is 6.19. The minimum Gasteiger partial charge on any atom is -0.363 e. The van der Waals surface area contributed by atoms with Crippen LogP contribution in [-0.2, 0) is 6.54 Å². The van der Waals surface area contributed by atoms with Gasteiger partial charge in [0.2, 0.25) is 10.1 Å². The van der Waals surface area contributed by atoms with E-state index < -0.39 is 0 Å². The summed E-state index contributed by atoms with van der Waals surface area (Å²) in [7, 11) is 3.46. The Labute approximate surface area is 109 Å². The molecular formula is C11H13N5OS. The van der Waals surface area contributed by atoms with E-state index in [-0.39, 0.29) is 5.91 Å². The molecule has 18 heavy (non-hydrogen) atoms. The predicted molar refractivity (Wildman–Crippen MR) is 69.5 cm³/mol. The van der Waals surface area contributed by atoms with Gasteiger partial charge in [-0.3, -0.25) is 9.78 Å². The molecule has 0 unspecified atom stereocenters. The van der Waals surface area contributed by atoms with Crippen molar-refractivity contribution in [2.75, 3.05) is 19.4 Å². The molecule has 0 spiro atoms. The van der Waals surface area contributed by atoms with Crippen molar-refractivity contribution in [1.29, 1.82) is 0 Å². The molecule has 1 N–H and O–H groups in total. The van der Waals surface area contributed by atoms with Gasteiger partial charge in [-0.05, 0) is 12.1 Å². The fraction of sp³-hybridized carbons (Fsp3) is 0.273. The van der Waals surface area contributed by atoms with Crippen LogP contribution in [0.5, 0.6) is 0 Å². The number of carbonyl (C=O) groups is 1. The van der Waals surface area contributed by atoms with Crippen LogP contribution in [0.2, 0.25) is 0 Å². The average molecular weight is 263 g/mol. The van der Waals surface area contributed by atoms with E-state index in [1.807, 2.05) is 18.2 Å². The second-order valence-electron chi connectivity index (χ2n) is 3.64. The zero-order valence-electron chi connectivity index (χ0n) is 10.1. The van der Waals surface area contributed by atoms with Crippen LogP contribution in [0.3, 0.4) is 0 Å². The zero-order valence-corrected chi connectivity index (χ0v) is 10.9. The van der Waals surface area contributed by atoms with E-state index in [2.05, 4.69) is 20.5 Å². The lowest BCUT2D eigenvalue weighted by Gasteiger charge is -2.14. The molecule has 2 aromatic rings. The molecule has 0 aromatic carbocycles. The van der Waals surface area contributed by atoms with Crippen LogP contribution in [0.15, 0.2) is 24.4 Å². The topological polar surface area (TPSA) is 71.0 Å². The van der Waals surface area contributed by atoms with Crippen LogP contribution in [-0.4, -0.2) is 40.1 Å². The van der Waals surface area contributed by atoms with Crippen molar-refractivity contribution in [2.24, 2.45) is 0 Å². The van der Waals surface area contributed by atoms with Crippen LogP contribution < -0.4 is 5.32 Å². The summed E-state index contributed by atoms with van der Waals surface area (Å²) in [4.78, 5) is 17.8. The molecular weight excluding hydrogens is 250 g/mol. The molecule has 2 rings (SSSR count). The van der Waals surface area contributed by atoms with E-state index in [1.165, 1.54) is 11.3 Å². The number of aromatic nitrogens is 3. The number of anilines is 1. The van der Waals surface area contributed by atoms with E-state index >= 15 is 0 Å². The van der Waals surface area contributed by atoms with Gasteiger partial charge >= 0.3 is 0 Å². The van der Waals surface area contributed by atoms with Crippen LogP contribution in [0.25, 0.3) is 0 Å². The molecule has 0 radical (unpaired) electrons. The highest BCUT2D eigenvalue weighted by Crippen LogP contribution is 2.16. The van der Waals surface area contributed by atoms with Crippen molar-refractivity contribution in [2.45, 2.75) is 6.54 Å². The van der Waals surface area contributed by atoms with Crippen LogP contribution in [0, 0.1) is 0 Å². The maximum atomic E-state index is 12.1. The summed E-state index contributed by atoms with van der Waals surface area (Å²) in [5.74, 6) is -0.153. The molecule has 0 bridgehead atoms. The average Bonchev–Trinajstić information content (AvgIpc) is 2.87. The Hall–Kier alpha value is -2.02. The maximum Gasteiger partial charge on any atom is 0.284 e. The highest BCUT2D eigenvalue weighted by molar-refractivity contribution is 7.17. The van der Waals surface area contributed by atoms with Gasteiger partial charge < -0.3 is 10.2 Å². The number of nitrogens with zero attached hydrogens (tertiary/aromatic N) is 4. The van der Waals surface area contributed by atoms with E-state index in [0.29, 0.717) is 16.7 Å². The predicted octanol–water partition coefficient (Wildman–Crippen LogP) is 1.25. The van der Waals surface area contributed by atoms with Crippen LogP contribution in [0.4, 0.5) is 5.13 Å². The number of pyridine rings is 1. The third-order valence-corrected chi connectivity index (χ3v) is 3.22. The summed E-state index contributed by atoms with van der Waals surface area (Å²) >= 11 is 1.23. The largest absolute Gasteiger partial charge is 0.363 e. The number of carbonyl (C=O) groups excluding carboxylic acids is 1. The summed E-state index contributed by atoms with van der Waals surface area (Å²) in [6.07, 6.45) is 1.71. The fourth-order valence-corrected chi connectivity index (χ4v) is 2.07. The van der Waals surface area contributed by atoms with Crippen molar-refractivity contribution < 1.29 is 4.79 Å². The highest BCUT2D eigenvalue weighted by Gasteiger charge is 2.17. The molecule has 0 atom stereocenters. The number of rotatable bonds is 4. The standard InChI is InChI=1S/C11H13N5OS/c1-12-11-15-14-9(18-11)10(17)16(2)7-8-5-3-4-6-13-8/h3-6H,7H2,1-2H3,(H,12,15). The molecule has 1 amide bonds. The number of nitrogens with one attached hydrogen (secondary N) is 1. The van der Waals surface area contributed by atoms with Gasteiger partial charge in [0.1, 0.15) is 0 Å². The van der Waals surface area contributed by atoms with Crippen molar-refractivity contribution in [3.8, 4) is 0 Å². The van der Waals surface area contributed by atoms with E-state index in [4.69, 9.17) is 0 Å². The third-order valence-electron chi connectivity index (χ3n) is 2.29. The molecule has 0 aliphatic heterocycles. The Kier molecular flexibility index (Phi) is 3.83. The quantitative estimate of drug-likeness (QED) is 0.898. The minimum absolute atomic E-state index is 0.153. The molecule has 2 heterocycles. The van der Waals surface area contributed by atoms with Gasteiger partial charge in [-0.1, -0.05) is 17.4 Å². The Morgan fingerprint density at radius 2 is 2.28 bits per heavy atom. The van der Waals surface area contributed by atoms with E-state index in [0.717, 1.165) is 5.69 Å². The van der Waals surface area contributed by atoms with Gasteiger partial charge in [0.25, 0.3) is 5.91 Å². The Bertz CT molecular complexity index is 527. The molecule has 2 aromatic heterocycles. The lowest BCUT2D eigenvalue weighted by Crippen LogP contribution is -2.26. The molecule has 0 aliphatic carbocycles. The molecule has 94 valence electrons. The van der Waals surface area contributed by atoms with Crippen LogP contribution in [0.1, 0.15) is 15.5 Å². The minimum atomic E-state index is -0.153. The number of amides is 1. The molecule has 6 nitrogen and oxygen atoms in total. The smallest absolute Gasteiger partial charge is 0.284 e. The monoisotopic (exact) mass is 263 g/mol. The summed E-state index contributed by atoms with van der Waals surface area (Å²) in [5, 5.41) is 11.5. The van der Waals surface area contributed by atoms with Gasteiger partial charge in [0, 0.05) is 20.3 Å². The zero-order chi connectivity index (χ0) is 13.0. The fourth-order valence-electron chi connectivity index (χ4n) is 1.38. The van der Waals surface area contributed by atoms with Gasteiger partial charge in [-0.15, -0.1) is 10.2 Å². The van der Waals surface area contributed by atoms with E-state index in [1.54, 1.807) is 25.2 Å². The van der Waals surface area contributed by atoms with Crippen molar-refractivity contribution in [1.82, 2.24) is 20.1 Å². The lowest BCUT2D eigenvalue weighted by molar-refractivity contribution is 0.0782. The second kappa shape index (κ2) is 5.54. The van der Waals surface area contributed by atoms with Crippen LogP contribution >= 0.6 is 11.3 Å². The molecule has 0 saturated heterocycles. The number of hydrogen-bond donors (Lipinski definition) is 1. The van der Waals surface area contributed by atoms with Gasteiger partial charge in [-0.25, -0.2) is 0 Å². The summed E-state index contributed by atoms with van der Waals surface area (Å²) in [6.45, 7) is 0.453. The van der Waals surface area contributed by atoms with Crippen molar-refractivity contribution in [3.05, 3.63) is 35.1 Å². The third kappa shape index (κ3) is 2.80. The Balaban J connectivity index is 2.05. The van der Waals surface area contributed by atoms with Crippen molar-refractivity contribution >= 4 is 22.4 Å². The Morgan fingerprint density at radius 1 is 1.44 bits per heavy atom. The van der Waals surface area contributed by atoms with Gasteiger partial charge in [-0.2, -0.15) is 0 Å². The first-order valence-electron chi connectivity index (χ1n) is 5.37. The summed E-state index contributed by atoms with van der Waals surface area (Å²) in [6, 6.07) is 5.61. The number of hydrogen-bond acceptors (Lipinski definition) is 6. The normalized spacial score (nSPS) is 10.1. The van der Waals surface area contributed by atoms with E-state index in [9.17, 15) is 4.79 Å². The summed E-state index contributed by atoms with van der Waals surface area (Å²) in [5.41, 5.74) is 0.840. The maximum absolute atomic E-state index is 12.1. The molecule has 0 saturated carbocycles. The summed E-state index contributed by atoms with van der Waals surface area (Å²) < 4.78 is 0. The van der Waals surface area contributed by atoms with Crippen molar-refractivity contribution in [3.63, 3.8) is 0 Å². The molecule has 7 heteroatoms. The Morgan fingerprint density at radius 3 is 2.89 bits per heavy atom. The SMILES string of the molecule is CNc1nnc(C(=O)N(C)Cc2ccccn2)s1. The first kappa shape index (κ1) is 12.4. The van der Waals surface area contributed by atoms with Gasteiger partial charge in [0.05, 0.1) is 12.2 Å². The molecule has 0 fully saturated rings.